The van der Waals surface area contributed by atoms with Crippen molar-refractivity contribution >= 4 is 11.6 Å². The molecule has 0 aliphatic heterocycles. The lowest BCUT2D eigenvalue weighted by Gasteiger charge is -2.14. The molecule has 96 valence electrons. The van der Waals surface area contributed by atoms with Gasteiger partial charge in [0.2, 0.25) is 0 Å². The minimum Gasteiger partial charge on any atom is -0.340 e. The molecular formula is C14H19N3O. The molecule has 2 heterocycles. The predicted octanol–water partition coefficient (Wildman–Crippen LogP) is 2.51. The molecule has 0 aliphatic rings. The number of rotatable bonds is 4. The first-order valence-electron chi connectivity index (χ1n) is 6.33. The van der Waals surface area contributed by atoms with E-state index in [4.69, 9.17) is 0 Å². The van der Waals surface area contributed by atoms with Gasteiger partial charge >= 0.3 is 0 Å². The minimum atomic E-state index is -0.00782. The van der Waals surface area contributed by atoms with Crippen LogP contribution in [0, 0.1) is 6.92 Å². The fourth-order valence-electron chi connectivity index (χ4n) is 1.94. The number of carbonyl (C=O) groups is 1. The molecule has 0 saturated carbocycles. The number of unbranched alkanes of at least 4 members (excludes halogenated alkanes) is 1. The number of imidazole rings is 1. The van der Waals surface area contributed by atoms with Crippen molar-refractivity contribution in [1.29, 1.82) is 0 Å². The third kappa shape index (κ3) is 2.37. The summed E-state index contributed by atoms with van der Waals surface area (Å²) in [7, 11) is 1.83. The number of nitrogens with zero attached hydrogens (tertiary/aromatic N) is 3. The number of carbonyl (C=O) groups excluding carboxylic acids is 1. The van der Waals surface area contributed by atoms with E-state index in [-0.39, 0.29) is 5.91 Å². The fourth-order valence-corrected chi connectivity index (χ4v) is 1.94. The SMILES string of the molecule is CCCCN(C)C(=O)c1cn2c(C)cccc2n1. The van der Waals surface area contributed by atoms with E-state index in [0.717, 1.165) is 30.7 Å². The molecule has 0 aliphatic carbocycles. The quantitative estimate of drug-likeness (QED) is 0.830. The molecule has 2 rings (SSSR count). The van der Waals surface area contributed by atoms with Crippen molar-refractivity contribution in [2.24, 2.45) is 0 Å². The van der Waals surface area contributed by atoms with Gasteiger partial charge in [-0.15, -0.1) is 0 Å². The van der Waals surface area contributed by atoms with Crippen LogP contribution in [0.15, 0.2) is 24.4 Å². The Morgan fingerprint density at radius 3 is 2.89 bits per heavy atom. The third-order valence-electron chi connectivity index (χ3n) is 3.11. The van der Waals surface area contributed by atoms with Crippen LogP contribution in [0.5, 0.6) is 0 Å². The van der Waals surface area contributed by atoms with E-state index in [0.29, 0.717) is 5.69 Å². The molecule has 0 radical (unpaired) electrons. The second-order valence-electron chi connectivity index (χ2n) is 4.60. The largest absolute Gasteiger partial charge is 0.340 e. The van der Waals surface area contributed by atoms with E-state index < -0.39 is 0 Å². The highest BCUT2D eigenvalue weighted by Crippen LogP contribution is 2.10. The van der Waals surface area contributed by atoms with Crippen molar-refractivity contribution in [3.8, 4) is 0 Å². The smallest absolute Gasteiger partial charge is 0.273 e. The van der Waals surface area contributed by atoms with E-state index in [1.54, 1.807) is 4.90 Å². The van der Waals surface area contributed by atoms with Gasteiger partial charge in [0.05, 0.1) is 0 Å². The lowest BCUT2D eigenvalue weighted by atomic mass is 10.3. The van der Waals surface area contributed by atoms with E-state index in [1.165, 1.54) is 0 Å². The molecule has 4 nitrogen and oxygen atoms in total. The van der Waals surface area contributed by atoms with Gasteiger partial charge in [-0.25, -0.2) is 4.98 Å². The first-order valence-corrected chi connectivity index (χ1v) is 6.33. The van der Waals surface area contributed by atoms with E-state index in [2.05, 4.69) is 11.9 Å². The van der Waals surface area contributed by atoms with Crippen molar-refractivity contribution in [1.82, 2.24) is 14.3 Å². The van der Waals surface area contributed by atoms with Crippen LogP contribution in [0.2, 0.25) is 0 Å². The molecule has 18 heavy (non-hydrogen) atoms. The van der Waals surface area contributed by atoms with Crippen molar-refractivity contribution < 1.29 is 4.79 Å². The topological polar surface area (TPSA) is 37.6 Å². The lowest BCUT2D eigenvalue weighted by molar-refractivity contribution is 0.0788. The maximum absolute atomic E-state index is 12.2. The van der Waals surface area contributed by atoms with Gasteiger partial charge < -0.3 is 9.30 Å². The molecule has 0 unspecified atom stereocenters. The van der Waals surface area contributed by atoms with Crippen molar-refractivity contribution in [2.45, 2.75) is 26.7 Å². The average molecular weight is 245 g/mol. The molecule has 4 heteroatoms. The molecule has 0 saturated heterocycles. The second kappa shape index (κ2) is 5.21. The van der Waals surface area contributed by atoms with Gasteiger partial charge in [-0.1, -0.05) is 19.4 Å². The van der Waals surface area contributed by atoms with Crippen LogP contribution in [0.25, 0.3) is 5.65 Å². The van der Waals surface area contributed by atoms with Crippen molar-refractivity contribution in [2.75, 3.05) is 13.6 Å². The Morgan fingerprint density at radius 2 is 2.22 bits per heavy atom. The fraction of sp³-hybridized carbons (Fsp3) is 0.429. The molecule has 0 spiro atoms. The van der Waals surface area contributed by atoms with Gasteiger partial charge in [-0.3, -0.25) is 4.79 Å². The third-order valence-corrected chi connectivity index (χ3v) is 3.11. The van der Waals surface area contributed by atoms with E-state index >= 15 is 0 Å². The highest BCUT2D eigenvalue weighted by molar-refractivity contribution is 5.92. The highest BCUT2D eigenvalue weighted by Gasteiger charge is 2.15. The monoisotopic (exact) mass is 245 g/mol. The van der Waals surface area contributed by atoms with Crippen LogP contribution in [0.4, 0.5) is 0 Å². The summed E-state index contributed by atoms with van der Waals surface area (Å²) < 4.78 is 1.95. The summed E-state index contributed by atoms with van der Waals surface area (Å²) >= 11 is 0. The van der Waals surface area contributed by atoms with Gasteiger partial charge in [0.1, 0.15) is 11.3 Å². The van der Waals surface area contributed by atoms with Gasteiger partial charge in [0.15, 0.2) is 0 Å². The molecule has 0 N–H and O–H groups in total. The summed E-state index contributed by atoms with van der Waals surface area (Å²) in [5.74, 6) is -0.00782. The number of aromatic nitrogens is 2. The van der Waals surface area contributed by atoms with Crippen LogP contribution < -0.4 is 0 Å². The molecule has 0 fully saturated rings. The number of aryl methyl sites for hydroxylation is 1. The van der Waals surface area contributed by atoms with Gasteiger partial charge in [0, 0.05) is 25.5 Å². The average Bonchev–Trinajstić information content (AvgIpc) is 2.80. The van der Waals surface area contributed by atoms with E-state index in [9.17, 15) is 4.79 Å². The first kappa shape index (κ1) is 12.6. The Kier molecular flexibility index (Phi) is 3.65. The number of pyridine rings is 1. The van der Waals surface area contributed by atoms with Crippen LogP contribution in [0.1, 0.15) is 35.9 Å². The Bertz CT molecular complexity index is 559. The normalized spacial score (nSPS) is 10.8. The van der Waals surface area contributed by atoms with Crippen LogP contribution in [-0.4, -0.2) is 33.8 Å². The zero-order valence-electron chi connectivity index (χ0n) is 11.2. The maximum atomic E-state index is 12.2. The number of fused-ring (bicyclic) bond motifs is 1. The van der Waals surface area contributed by atoms with Crippen LogP contribution >= 0.6 is 0 Å². The second-order valence-corrected chi connectivity index (χ2v) is 4.60. The summed E-state index contributed by atoms with van der Waals surface area (Å²) in [5, 5.41) is 0. The highest BCUT2D eigenvalue weighted by atomic mass is 16.2. The Morgan fingerprint density at radius 1 is 1.44 bits per heavy atom. The summed E-state index contributed by atoms with van der Waals surface area (Å²) in [6.45, 7) is 4.90. The molecule has 2 aromatic rings. The summed E-state index contributed by atoms with van der Waals surface area (Å²) in [4.78, 5) is 18.3. The first-order chi connectivity index (χ1) is 8.63. The lowest BCUT2D eigenvalue weighted by Crippen LogP contribution is -2.27. The van der Waals surface area contributed by atoms with Crippen LogP contribution in [-0.2, 0) is 0 Å². The van der Waals surface area contributed by atoms with Gasteiger partial charge in [-0.2, -0.15) is 0 Å². The maximum Gasteiger partial charge on any atom is 0.273 e. The number of hydrogen-bond donors (Lipinski definition) is 0. The molecule has 2 aromatic heterocycles. The van der Waals surface area contributed by atoms with Gasteiger partial charge in [-0.05, 0) is 25.5 Å². The van der Waals surface area contributed by atoms with Crippen molar-refractivity contribution in [3.05, 3.63) is 35.8 Å². The summed E-state index contributed by atoms with van der Waals surface area (Å²) in [6, 6.07) is 5.87. The molecule has 0 atom stereocenters. The predicted molar refractivity (Wildman–Crippen MR) is 71.8 cm³/mol. The number of hydrogen-bond acceptors (Lipinski definition) is 2. The minimum absolute atomic E-state index is 0.00782. The van der Waals surface area contributed by atoms with Crippen molar-refractivity contribution in [3.63, 3.8) is 0 Å². The standard InChI is InChI=1S/C14H19N3O/c1-4-5-9-16(3)14(18)12-10-17-11(2)7-6-8-13(17)15-12/h6-8,10H,4-5,9H2,1-3H3. The molecule has 0 bridgehead atoms. The van der Waals surface area contributed by atoms with Gasteiger partial charge in [0.25, 0.3) is 5.91 Å². The summed E-state index contributed by atoms with van der Waals surface area (Å²) in [6.07, 6.45) is 3.92. The summed E-state index contributed by atoms with van der Waals surface area (Å²) in [5.41, 5.74) is 2.42. The Balaban J connectivity index is 2.25. The Hall–Kier alpha value is -1.84. The molecular weight excluding hydrogens is 226 g/mol. The zero-order chi connectivity index (χ0) is 13.1. The molecule has 0 aromatic carbocycles. The van der Waals surface area contributed by atoms with E-state index in [1.807, 2.05) is 42.8 Å². The molecule has 1 amide bonds. The Labute approximate surface area is 107 Å². The number of amides is 1. The zero-order valence-corrected chi connectivity index (χ0v) is 11.2. The van der Waals surface area contributed by atoms with Crippen LogP contribution in [0.3, 0.4) is 0 Å².